The van der Waals surface area contributed by atoms with Crippen molar-refractivity contribution in [2.75, 3.05) is 11.9 Å². The summed E-state index contributed by atoms with van der Waals surface area (Å²) in [6.07, 6.45) is 2.11. The lowest BCUT2D eigenvalue weighted by atomic mass is 10.0. The molecular formula is C16H27BrN2. The second-order valence-electron chi connectivity index (χ2n) is 6.05. The van der Waals surface area contributed by atoms with E-state index < -0.39 is 0 Å². The number of hydrogen-bond donors (Lipinski definition) is 1. The van der Waals surface area contributed by atoms with E-state index in [0.717, 1.165) is 16.8 Å². The zero-order valence-corrected chi connectivity index (χ0v) is 14.4. The van der Waals surface area contributed by atoms with Crippen molar-refractivity contribution >= 4 is 21.6 Å². The molecule has 0 fully saturated rings. The normalized spacial score (nSPS) is 14.5. The summed E-state index contributed by atoms with van der Waals surface area (Å²) in [6.45, 7) is 8.86. The quantitative estimate of drug-likeness (QED) is 0.848. The Kier molecular flexibility index (Phi) is 6.34. The second kappa shape index (κ2) is 7.30. The fourth-order valence-corrected chi connectivity index (χ4v) is 2.89. The average Bonchev–Trinajstić information content (AvgIpc) is 2.29. The van der Waals surface area contributed by atoms with Crippen LogP contribution < -0.4 is 10.6 Å². The van der Waals surface area contributed by atoms with Crippen LogP contribution in [-0.2, 0) is 6.42 Å². The van der Waals surface area contributed by atoms with E-state index in [1.165, 1.54) is 17.7 Å². The zero-order chi connectivity index (χ0) is 14.6. The number of halogens is 1. The van der Waals surface area contributed by atoms with E-state index in [2.05, 4.69) is 66.8 Å². The van der Waals surface area contributed by atoms with Gasteiger partial charge in [0.2, 0.25) is 0 Å². The third-order valence-corrected chi connectivity index (χ3v) is 4.20. The maximum atomic E-state index is 5.86. The Morgan fingerprint density at radius 1 is 1.21 bits per heavy atom. The molecule has 1 aromatic carbocycles. The van der Waals surface area contributed by atoms with Crippen LogP contribution >= 0.6 is 15.9 Å². The van der Waals surface area contributed by atoms with E-state index >= 15 is 0 Å². The maximum Gasteiger partial charge on any atom is 0.0377 e. The minimum Gasteiger partial charge on any atom is -0.372 e. The summed E-state index contributed by atoms with van der Waals surface area (Å²) in [5.41, 5.74) is 8.40. The summed E-state index contributed by atoms with van der Waals surface area (Å²) >= 11 is 3.66. The highest BCUT2D eigenvalue weighted by atomic mass is 79.9. The van der Waals surface area contributed by atoms with Gasteiger partial charge in [0.05, 0.1) is 0 Å². The molecule has 19 heavy (non-hydrogen) atoms. The van der Waals surface area contributed by atoms with Crippen LogP contribution in [0.4, 0.5) is 5.69 Å². The lowest BCUT2D eigenvalue weighted by Gasteiger charge is -2.29. The monoisotopic (exact) mass is 326 g/mol. The zero-order valence-electron chi connectivity index (χ0n) is 12.8. The van der Waals surface area contributed by atoms with Crippen molar-refractivity contribution < 1.29 is 0 Å². The summed E-state index contributed by atoms with van der Waals surface area (Å²) in [5, 5.41) is 0. The largest absolute Gasteiger partial charge is 0.372 e. The Balaban J connectivity index is 2.82. The highest BCUT2D eigenvalue weighted by Crippen LogP contribution is 2.26. The minimum atomic E-state index is 0.194. The van der Waals surface area contributed by atoms with Crippen molar-refractivity contribution in [1.29, 1.82) is 0 Å². The molecule has 0 aliphatic carbocycles. The van der Waals surface area contributed by atoms with Gasteiger partial charge in [-0.2, -0.15) is 0 Å². The van der Waals surface area contributed by atoms with Gasteiger partial charge in [0.15, 0.2) is 0 Å². The maximum absolute atomic E-state index is 5.86. The highest BCUT2D eigenvalue weighted by Gasteiger charge is 2.13. The number of nitrogens with zero attached hydrogens (tertiary/aromatic N) is 1. The van der Waals surface area contributed by atoms with Gasteiger partial charge < -0.3 is 10.6 Å². The molecule has 2 unspecified atom stereocenters. The topological polar surface area (TPSA) is 29.3 Å². The van der Waals surface area contributed by atoms with Crippen LogP contribution in [-0.4, -0.2) is 19.1 Å². The second-order valence-corrected chi connectivity index (χ2v) is 6.90. The number of nitrogens with two attached hydrogens (primary N) is 1. The van der Waals surface area contributed by atoms with Crippen molar-refractivity contribution in [2.24, 2.45) is 11.7 Å². The average molecular weight is 327 g/mol. The van der Waals surface area contributed by atoms with Crippen LogP contribution in [0.1, 0.15) is 39.7 Å². The third kappa shape index (κ3) is 5.15. The van der Waals surface area contributed by atoms with Gasteiger partial charge in [-0.25, -0.2) is 0 Å². The number of benzene rings is 1. The Bertz CT molecular complexity index is 402. The lowest BCUT2D eigenvalue weighted by molar-refractivity contribution is 0.504. The van der Waals surface area contributed by atoms with E-state index in [0.29, 0.717) is 6.04 Å². The lowest BCUT2D eigenvalue weighted by Crippen LogP contribution is -2.30. The predicted molar refractivity (Wildman–Crippen MR) is 88.8 cm³/mol. The van der Waals surface area contributed by atoms with Gasteiger partial charge in [0, 0.05) is 29.3 Å². The molecule has 2 N–H and O–H groups in total. The fraction of sp³-hybridized carbons (Fsp3) is 0.625. The van der Waals surface area contributed by atoms with E-state index in [1.54, 1.807) is 0 Å². The smallest absolute Gasteiger partial charge is 0.0377 e. The first-order valence-corrected chi connectivity index (χ1v) is 7.87. The van der Waals surface area contributed by atoms with Gasteiger partial charge >= 0.3 is 0 Å². The molecule has 2 atom stereocenters. The molecule has 3 heteroatoms. The summed E-state index contributed by atoms with van der Waals surface area (Å²) in [5.74, 6) is 0.721. The van der Waals surface area contributed by atoms with E-state index in [9.17, 15) is 0 Å². The van der Waals surface area contributed by atoms with Crippen LogP contribution in [0.25, 0.3) is 0 Å². The first kappa shape index (κ1) is 16.5. The molecule has 1 aromatic rings. The molecule has 0 saturated heterocycles. The van der Waals surface area contributed by atoms with Crippen LogP contribution in [0.2, 0.25) is 0 Å². The number of anilines is 1. The molecule has 1 rings (SSSR count). The molecule has 0 amide bonds. The molecule has 0 heterocycles. The van der Waals surface area contributed by atoms with E-state index in [-0.39, 0.29) is 6.04 Å². The molecule has 0 spiro atoms. The first-order chi connectivity index (χ1) is 8.81. The van der Waals surface area contributed by atoms with Crippen molar-refractivity contribution in [1.82, 2.24) is 0 Å². The van der Waals surface area contributed by atoms with Crippen LogP contribution in [0.15, 0.2) is 22.7 Å². The SMILES string of the molecule is CC(C)CC(C)N(C)c1ccc(CC(C)N)c(Br)c1. The van der Waals surface area contributed by atoms with Gasteiger partial charge in [-0.05, 0) is 50.3 Å². The standard InChI is InChI=1S/C16H27BrN2/c1-11(2)8-13(4)19(5)15-7-6-14(9-12(3)18)16(17)10-15/h6-7,10-13H,8-9,18H2,1-5H3. The van der Waals surface area contributed by atoms with Crippen LogP contribution in [0, 0.1) is 5.92 Å². The summed E-state index contributed by atoms with van der Waals surface area (Å²) in [7, 11) is 2.17. The fourth-order valence-electron chi connectivity index (χ4n) is 2.36. The Morgan fingerprint density at radius 2 is 1.84 bits per heavy atom. The van der Waals surface area contributed by atoms with Crippen molar-refractivity contribution in [3.63, 3.8) is 0 Å². The van der Waals surface area contributed by atoms with Gasteiger partial charge in [-0.3, -0.25) is 0 Å². The van der Waals surface area contributed by atoms with Crippen LogP contribution in [0.3, 0.4) is 0 Å². The Hall–Kier alpha value is -0.540. The van der Waals surface area contributed by atoms with Crippen molar-refractivity contribution in [3.8, 4) is 0 Å². The molecule has 0 radical (unpaired) electrons. The molecule has 0 aliphatic heterocycles. The van der Waals surface area contributed by atoms with Gasteiger partial charge in [0.25, 0.3) is 0 Å². The third-order valence-electron chi connectivity index (χ3n) is 3.46. The number of rotatable bonds is 6. The molecule has 0 aliphatic rings. The minimum absolute atomic E-state index is 0.194. The molecule has 108 valence electrons. The van der Waals surface area contributed by atoms with Crippen molar-refractivity contribution in [3.05, 3.63) is 28.2 Å². The summed E-state index contributed by atoms with van der Waals surface area (Å²) < 4.78 is 1.16. The first-order valence-electron chi connectivity index (χ1n) is 7.08. The molecule has 0 aromatic heterocycles. The molecule has 0 saturated carbocycles. The van der Waals surface area contributed by atoms with Crippen LogP contribution in [0.5, 0.6) is 0 Å². The Labute approximate surface area is 126 Å². The molecule has 0 bridgehead atoms. The van der Waals surface area contributed by atoms with Gasteiger partial charge in [0.1, 0.15) is 0 Å². The Morgan fingerprint density at radius 3 is 2.32 bits per heavy atom. The van der Waals surface area contributed by atoms with Gasteiger partial charge in [-0.1, -0.05) is 35.8 Å². The number of hydrogen-bond acceptors (Lipinski definition) is 2. The molecule has 2 nitrogen and oxygen atoms in total. The van der Waals surface area contributed by atoms with Gasteiger partial charge in [-0.15, -0.1) is 0 Å². The van der Waals surface area contributed by atoms with E-state index in [4.69, 9.17) is 5.73 Å². The summed E-state index contributed by atoms with van der Waals surface area (Å²) in [6, 6.07) is 7.32. The van der Waals surface area contributed by atoms with Crippen molar-refractivity contribution in [2.45, 2.75) is 52.6 Å². The van der Waals surface area contributed by atoms with E-state index in [1.807, 2.05) is 6.92 Å². The summed E-state index contributed by atoms with van der Waals surface area (Å²) in [4.78, 5) is 2.35. The molecular weight excluding hydrogens is 300 g/mol. The highest BCUT2D eigenvalue weighted by molar-refractivity contribution is 9.10. The predicted octanol–water partition coefficient (Wildman–Crippen LogP) is 4.21.